The van der Waals surface area contributed by atoms with E-state index in [2.05, 4.69) is 31.3 Å². The Kier molecular flexibility index (Phi) is 37.7. The van der Waals surface area contributed by atoms with E-state index in [0.29, 0.717) is 49.9 Å². The van der Waals surface area contributed by atoms with Crippen LogP contribution in [0.2, 0.25) is 0 Å². The highest BCUT2D eigenvalue weighted by Crippen LogP contribution is 2.40. The van der Waals surface area contributed by atoms with Crippen LogP contribution in [0.5, 0.6) is 0 Å². The number of ether oxygens (including phenoxy) is 16. The van der Waals surface area contributed by atoms with Crippen molar-refractivity contribution in [2.24, 2.45) is 23.7 Å². The van der Waals surface area contributed by atoms with Gasteiger partial charge in [0.05, 0.1) is 128 Å². The number of aliphatic carboxylic acids is 1. The summed E-state index contributed by atoms with van der Waals surface area (Å²) in [4.78, 5) is 55.7. The third-order valence-electron chi connectivity index (χ3n) is 24.1. The maximum absolute atomic E-state index is 14.4. The lowest BCUT2D eigenvalue weighted by molar-refractivity contribution is -0.336. The van der Waals surface area contributed by atoms with Crippen molar-refractivity contribution in [3.8, 4) is 0 Å². The zero-order chi connectivity index (χ0) is 85.4. The molecule has 4 saturated carbocycles. The van der Waals surface area contributed by atoms with E-state index in [0.717, 1.165) is 69.8 Å². The molecule has 4 aliphatic heterocycles. The van der Waals surface area contributed by atoms with Gasteiger partial charge in [-0.15, -0.1) is 10.2 Å². The van der Waals surface area contributed by atoms with Crippen LogP contribution in [0.15, 0.2) is 42.7 Å². The second kappa shape index (κ2) is 47.6. The van der Waals surface area contributed by atoms with Crippen LogP contribution in [-0.2, 0) is 128 Å². The van der Waals surface area contributed by atoms with Crippen molar-refractivity contribution in [3.63, 3.8) is 0 Å². The number of amides is 2. The first-order valence-corrected chi connectivity index (χ1v) is 42.8. The Morgan fingerprint density at radius 1 is 0.450 bits per heavy atom. The molecule has 0 spiro atoms. The molecule has 1 aromatic carbocycles. The van der Waals surface area contributed by atoms with Crippen LogP contribution in [0.1, 0.15) is 160 Å². The first kappa shape index (κ1) is 95.0. The van der Waals surface area contributed by atoms with E-state index in [-0.39, 0.29) is 109 Å². The summed E-state index contributed by atoms with van der Waals surface area (Å²) in [6, 6.07) is 6.45. The number of carboxylic acids is 1. The minimum Gasteiger partial charge on any atom is -0.479 e. The van der Waals surface area contributed by atoms with Crippen molar-refractivity contribution in [2.45, 2.75) is 336 Å². The summed E-state index contributed by atoms with van der Waals surface area (Å²) in [6.07, 6.45) is -15.0. The lowest BCUT2D eigenvalue weighted by Crippen LogP contribution is -2.67. The summed E-state index contributed by atoms with van der Waals surface area (Å²) in [7, 11) is 0. The van der Waals surface area contributed by atoms with E-state index < -0.39 is 209 Å². The molecule has 0 radical (unpaired) electrons. The van der Waals surface area contributed by atoms with Gasteiger partial charge in [0.25, 0.3) is 0 Å². The van der Waals surface area contributed by atoms with Gasteiger partial charge in [-0.3, -0.25) is 9.59 Å². The fourth-order valence-corrected chi connectivity index (χ4v) is 17.2. The molecule has 3 aromatic rings. The van der Waals surface area contributed by atoms with Gasteiger partial charge in [-0.25, -0.2) is 19.0 Å². The molecule has 0 bridgehead atoms. The summed E-state index contributed by atoms with van der Waals surface area (Å²) >= 11 is 0. The number of aliphatic hydroxyl groups is 10. The Morgan fingerprint density at radius 2 is 0.858 bits per heavy atom. The molecule has 4 aliphatic carbocycles. The van der Waals surface area contributed by atoms with Gasteiger partial charge >= 0.3 is 11.9 Å². The average Bonchev–Trinajstić information content (AvgIpc) is 0.961. The van der Waals surface area contributed by atoms with E-state index in [1.54, 1.807) is 6.92 Å². The van der Waals surface area contributed by atoms with Crippen LogP contribution in [0.4, 0.5) is 0 Å². The zero-order valence-corrected chi connectivity index (χ0v) is 69.0. The maximum Gasteiger partial charge on any atom is 0.335 e. The lowest BCUT2D eigenvalue weighted by Gasteiger charge is -2.48. The molecule has 39 heteroatoms. The van der Waals surface area contributed by atoms with Gasteiger partial charge in [0.15, 0.2) is 37.4 Å². The van der Waals surface area contributed by atoms with Crippen LogP contribution in [0, 0.1) is 23.7 Å². The molecule has 12 unspecified atom stereocenters. The molecular formula is C81H128N8O31. The van der Waals surface area contributed by atoms with Crippen molar-refractivity contribution in [1.29, 1.82) is 0 Å². The number of nitrogens with zero attached hydrogens (tertiary/aromatic N) is 6. The first-order chi connectivity index (χ1) is 57.9. The van der Waals surface area contributed by atoms with Crippen LogP contribution in [-0.4, -0.2) is 335 Å². The van der Waals surface area contributed by atoms with Crippen LogP contribution < -0.4 is 10.6 Å². The molecule has 678 valence electrons. The molecule has 39 nitrogen and oxygen atoms in total. The van der Waals surface area contributed by atoms with Gasteiger partial charge in [-0.1, -0.05) is 132 Å². The van der Waals surface area contributed by atoms with Crippen molar-refractivity contribution in [1.82, 2.24) is 40.6 Å². The van der Waals surface area contributed by atoms with Gasteiger partial charge in [-0.2, -0.15) is 0 Å². The monoisotopic (exact) mass is 1710 g/mol. The fourth-order valence-electron chi connectivity index (χ4n) is 17.2. The molecule has 2 amide bonds. The third kappa shape index (κ3) is 27.0. The predicted molar refractivity (Wildman–Crippen MR) is 413 cm³/mol. The second-order valence-corrected chi connectivity index (χ2v) is 33.2. The van der Waals surface area contributed by atoms with Crippen LogP contribution >= 0.6 is 0 Å². The molecule has 4 saturated heterocycles. The van der Waals surface area contributed by atoms with Gasteiger partial charge in [0.2, 0.25) is 11.8 Å². The molecular weight excluding hydrogens is 1580 g/mol. The summed E-state index contributed by atoms with van der Waals surface area (Å²) in [5.74, 6) is -3.52. The standard InChI is InChI=1S/C81H128N8O31/c1-45-16-14-24-54(72(45)119-80-70(100)68(98)64(94)47(3)111-80)115-78-62(74(66(96)58(40-90)117-78)113-56(76(102)103)34-49-18-8-5-9-19-49)82-60(92)38-88-36-52(84-86-88)43-108-32-30-106-28-26-105-27-29-107-31-33-109-44-53-37-89(87-85-53)39-61(93)83-63-75(114-57(35-50-20-10-6-11-21-50)77(104)110-42-51-22-12-7-13-23-51)67(97)59(41-91)118-79(63)116-55-25-15-17-46(2)73(55)120-81-71(101)69(99)65(95)48(4)112-81/h7,12-13,22-23,36-37,45-50,54-59,62-75,78-81,90-91,94-101H,5-6,8-11,14-21,24-35,38-44H2,1-4H3,(H,82,92)(H,83,93)(H,102,103)/t45-,46-,47?,48?,54-,55-,56+,57+,58?,59?,62?,63?,64-,65?,66+,67+,68+,69+,70?,71+,72?,73?,74?,75?,78-,79-,80+,81+/m1/s1. The topological polar surface area (TPSA) is 524 Å². The minimum atomic E-state index is -1.64. The number of esters is 1. The number of nitrogens with one attached hydrogen (secondary N) is 2. The van der Waals surface area contributed by atoms with Gasteiger partial charge < -0.3 is 143 Å². The van der Waals surface area contributed by atoms with E-state index in [1.165, 1.54) is 28.7 Å². The predicted octanol–water partition coefficient (Wildman–Crippen LogP) is -0.109. The quantitative estimate of drug-likeness (QED) is 0.0259. The summed E-state index contributed by atoms with van der Waals surface area (Å²) < 4.78 is 100. The van der Waals surface area contributed by atoms with Gasteiger partial charge in [0.1, 0.15) is 116 Å². The number of carboxylic acid groups (broad SMARTS) is 1. The Balaban J connectivity index is 0.610. The Hall–Kier alpha value is -5.62. The fraction of sp³-hybridized carbons (Fsp3) is 0.827. The summed E-state index contributed by atoms with van der Waals surface area (Å²) in [6.45, 7) is 6.53. The van der Waals surface area contributed by atoms with Crippen LogP contribution in [0.3, 0.4) is 0 Å². The zero-order valence-electron chi connectivity index (χ0n) is 69.0. The van der Waals surface area contributed by atoms with E-state index >= 15 is 0 Å². The highest BCUT2D eigenvalue weighted by Gasteiger charge is 2.55. The molecule has 8 fully saturated rings. The minimum absolute atomic E-state index is 0.0161. The third-order valence-corrected chi connectivity index (χ3v) is 24.1. The Bertz CT molecular complexity index is 3510. The first-order valence-electron chi connectivity index (χ1n) is 42.8. The largest absolute Gasteiger partial charge is 0.479 e. The number of hydrogen-bond donors (Lipinski definition) is 13. The maximum atomic E-state index is 14.4. The SMILES string of the molecule is CC1O[C@@H](OC2[C@H](C)CCC[C@H]2O[C@@H]2OC(CO)[C@H](O)C(O[C@@H](CC3CCCCC3)C(=O)OCc3ccccc3)C2NC(=O)Cn2cc(COCCOCCOCCOCCOCc3cn(CC(=O)NC4C(O[C@@H](CC5CCCCC5)C(=O)O)[C@@H](O)C(CO)O[C@H]4O[C@@H]4CCC[C@@H](C)C4O[C@@H]4OC(C)[C@@H](O)[C@H](O)C4O)nn3)nn2)[C@@H](O)[C@@H](O)C1O. The molecule has 8 aliphatic rings. The number of carbonyl (C=O) groups is 4. The molecule has 11 rings (SSSR count). The second-order valence-electron chi connectivity index (χ2n) is 33.2. The van der Waals surface area contributed by atoms with E-state index in [1.807, 2.05) is 44.2 Å². The van der Waals surface area contributed by atoms with Crippen molar-refractivity contribution in [2.75, 3.05) is 66.1 Å². The molecule has 2 aromatic heterocycles. The molecule has 28 atom stereocenters. The Labute approximate surface area is 697 Å². The highest BCUT2D eigenvalue weighted by molar-refractivity contribution is 5.77. The summed E-state index contributed by atoms with van der Waals surface area (Å²) in [5.41, 5.74) is 1.53. The van der Waals surface area contributed by atoms with Gasteiger partial charge in [-0.05, 0) is 81.6 Å². The lowest BCUT2D eigenvalue weighted by atomic mass is 9.85. The summed E-state index contributed by atoms with van der Waals surface area (Å²) in [5, 5.41) is 142. The van der Waals surface area contributed by atoms with Crippen molar-refractivity contribution >= 4 is 23.8 Å². The molecule has 6 heterocycles. The molecule has 13 N–H and O–H groups in total. The number of aromatic nitrogens is 6. The highest BCUT2D eigenvalue weighted by atomic mass is 16.8. The van der Waals surface area contributed by atoms with E-state index in [4.69, 9.17) is 75.8 Å². The smallest absolute Gasteiger partial charge is 0.335 e. The molecule has 120 heavy (non-hydrogen) atoms. The van der Waals surface area contributed by atoms with Gasteiger partial charge in [0, 0.05) is 0 Å². The Morgan fingerprint density at radius 3 is 1.27 bits per heavy atom. The number of rotatable bonds is 44. The van der Waals surface area contributed by atoms with Crippen LogP contribution in [0.25, 0.3) is 0 Å². The average molecular weight is 1710 g/mol. The number of benzene rings is 1. The number of carbonyl (C=O) groups excluding carboxylic acids is 3. The van der Waals surface area contributed by atoms with Crippen molar-refractivity contribution < 1.29 is 151 Å². The number of aliphatic hydroxyl groups excluding tert-OH is 10. The van der Waals surface area contributed by atoms with E-state index in [9.17, 15) is 75.3 Å². The van der Waals surface area contributed by atoms with Crippen molar-refractivity contribution in [3.05, 3.63) is 59.7 Å². The number of hydrogen-bond acceptors (Lipinski definition) is 34. The normalized spacial score (nSPS) is 34.7.